The Hall–Kier alpha value is -3.03. The summed E-state index contributed by atoms with van der Waals surface area (Å²) in [5.74, 6) is 2.81. The normalized spacial score (nSPS) is 10.6. The Bertz CT molecular complexity index is 1100. The summed E-state index contributed by atoms with van der Waals surface area (Å²) in [5, 5.41) is 6.03. The number of hydrogen-bond acceptors (Lipinski definition) is 7. The molecular formula is C22H19N3O2S2. The Morgan fingerprint density at radius 3 is 2.55 bits per heavy atom. The molecular weight excluding hydrogens is 402 g/mol. The van der Waals surface area contributed by atoms with Crippen LogP contribution in [-0.4, -0.2) is 17.1 Å². The number of para-hydroxylation sites is 2. The van der Waals surface area contributed by atoms with Crippen molar-refractivity contribution >= 4 is 34.0 Å². The summed E-state index contributed by atoms with van der Waals surface area (Å²) in [6.07, 6.45) is 1.82. The Morgan fingerprint density at radius 2 is 1.79 bits per heavy atom. The number of anilines is 2. The van der Waals surface area contributed by atoms with Crippen LogP contribution < -0.4 is 14.8 Å². The fourth-order valence-electron chi connectivity index (χ4n) is 2.61. The van der Waals surface area contributed by atoms with Crippen molar-refractivity contribution in [1.82, 2.24) is 9.97 Å². The first-order chi connectivity index (χ1) is 14.2. The largest absolute Gasteiger partial charge is 0.496 e. The maximum Gasteiger partial charge on any atom is 0.188 e. The second-order valence-corrected chi connectivity index (χ2v) is 8.08. The first-order valence-electron chi connectivity index (χ1n) is 8.94. The van der Waals surface area contributed by atoms with Gasteiger partial charge in [-0.05, 0) is 31.2 Å². The van der Waals surface area contributed by atoms with E-state index in [4.69, 9.17) is 9.47 Å². The van der Waals surface area contributed by atoms with Gasteiger partial charge in [0, 0.05) is 22.5 Å². The van der Waals surface area contributed by atoms with Crippen LogP contribution in [0.25, 0.3) is 0 Å². The van der Waals surface area contributed by atoms with Gasteiger partial charge in [0.15, 0.2) is 16.7 Å². The summed E-state index contributed by atoms with van der Waals surface area (Å²) in [6, 6.07) is 19.5. The van der Waals surface area contributed by atoms with E-state index in [0.29, 0.717) is 11.6 Å². The summed E-state index contributed by atoms with van der Waals surface area (Å²) < 4.78 is 11.6. The number of aromatic nitrogens is 2. The molecule has 0 saturated heterocycles. The van der Waals surface area contributed by atoms with Crippen LogP contribution in [-0.2, 0) is 0 Å². The van der Waals surface area contributed by atoms with Gasteiger partial charge in [-0.15, -0.1) is 11.3 Å². The second-order valence-electron chi connectivity index (χ2n) is 6.10. The second kappa shape index (κ2) is 8.98. The fraction of sp³-hybridized carbons (Fsp3) is 0.0909. The van der Waals surface area contributed by atoms with Gasteiger partial charge in [-0.1, -0.05) is 42.1 Å². The molecule has 0 unspecified atom stereocenters. The van der Waals surface area contributed by atoms with E-state index in [-0.39, 0.29) is 0 Å². The lowest BCUT2D eigenvalue weighted by molar-refractivity contribution is 0.405. The molecule has 0 amide bonds. The first kappa shape index (κ1) is 19.3. The topological polar surface area (TPSA) is 56.3 Å². The van der Waals surface area contributed by atoms with Crippen molar-refractivity contribution < 1.29 is 9.47 Å². The molecule has 0 fully saturated rings. The van der Waals surface area contributed by atoms with Gasteiger partial charge in [0.05, 0.1) is 17.7 Å². The smallest absolute Gasteiger partial charge is 0.188 e. The zero-order valence-corrected chi connectivity index (χ0v) is 17.6. The Labute approximate surface area is 177 Å². The van der Waals surface area contributed by atoms with Gasteiger partial charge in [-0.2, -0.15) is 0 Å². The zero-order valence-electron chi connectivity index (χ0n) is 16.0. The maximum absolute atomic E-state index is 6.13. The molecule has 0 bridgehead atoms. The zero-order chi connectivity index (χ0) is 20.1. The van der Waals surface area contributed by atoms with Crippen molar-refractivity contribution in [3.8, 4) is 17.2 Å². The summed E-state index contributed by atoms with van der Waals surface area (Å²) >= 11 is 3.11. The lowest BCUT2D eigenvalue weighted by Crippen LogP contribution is -1.97. The lowest BCUT2D eigenvalue weighted by Gasteiger charge is -2.13. The molecule has 0 aliphatic rings. The highest BCUT2D eigenvalue weighted by Gasteiger charge is 2.13. The molecule has 0 spiro atoms. The van der Waals surface area contributed by atoms with Crippen LogP contribution >= 0.6 is 23.1 Å². The fourth-order valence-corrected chi connectivity index (χ4v) is 4.22. The van der Waals surface area contributed by atoms with E-state index >= 15 is 0 Å². The van der Waals surface area contributed by atoms with Crippen molar-refractivity contribution in [2.24, 2.45) is 0 Å². The molecule has 7 heteroatoms. The predicted molar refractivity (Wildman–Crippen MR) is 118 cm³/mol. The Balaban J connectivity index is 1.66. The summed E-state index contributed by atoms with van der Waals surface area (Å²) in [5.41, 5.74) is 0.964. The molecule has 2 aromatic heterocycles. The standard InChI is InChI=1S/C22H19N3O2S2/c1-15-14-28-22(24-15)25-21-19(27-16-8-4-3-5-9-16)12-17(13-23-21)29-20-11-7-6-10-18(20)26-2/h3-14H,1-2H3,(H,23,24,25). The number of ether oxygens (including phenoxy) is 2. The third-order valence-corrected chi connectivity index (χ3v) is 5.83. The number of methoxy groups -OCH3 is 1. The van der Waals surface area contributed by atoms with E-state index in [2.05, 4.69) is 15.3 Å². The van der Waals surface area contributed by atoms with Crippen LogP contribution in [0, 0.1) is 6.92 Å². The van der Waals surface area contributed by atoms with Gasteiger partial charge in [0.1, 0.15) is 11.5 Å². The van der Waals surface area contributed by atoms with E-state index in [9.17, 15) is 0 Å². The van der Waals surface area contributed by atoms with Gasteiger partial charge in [-0.25, -0.2) is 9.97 Å². The van der Waals surface area contributed by atoms with Gasteiger partial charge in [0.25, 0.3) is 0 Å². The van der Waals surface area contributed by atoms with E-state index in [1.54, 1.807) is 18.9 Å². The number of thiazole rings is 1. The number of nitrogens with one attached hydrogen (secondary N) is 1. The minimum Gasteiger partial charge on any atom is -0.496 e. The van der Waals surface area contributed by atoms with Crippen molar-refractivity contribution in [1.29, 1.82) is 0 Å². The van der Waals surface area contributed by atoms with Crippen molar-refractivity contribution in [2.75, 3.05) is 12.4 Å². The molecule has 0 aliphatic heterocycles. The molecule has 5 nitrogen and oxygen atoms in total. The van der Waals surface area contributed by atoms with Crippen molar-refractivity contribution in [2.45, 2.75) is 16.7 Å². The monoisotopic (exact) mass is 421 g/mol. The number of aryl methyl sites for hydroxylation is 1. The minimum absolute atomic E-state index is 0.618. The van der Waals surface area contributed by atoms with E-state index in [0.717, 1.165) is 32.1 Å². The number of pyridine rings is 1. The highest BCUT2D eigenvalue weighted by atomic mass is 32.2. The molecule has 0 saturated carbocycles. The SMILES string of the molecule is COc1ccccc1Sc1cnc(Nc2nc(C)cs2)c(Oc2ccccc2)c1. The Morgan fingerprint density at radius 1 is 1.00 bits per heavy atom. The van der Waals surface area contributed by atoms with Gasteiger partial charge >= 0.3 is 0 Å². The van der Waals surface area contributed by atoms with Crippen LogP contribution in [0.1, 0.15) is 5.69 Å². The molecule has 0 atom stereocenters. The number of benzene rings is 2. The number of rotatable bonds is 7. The van der Waals surface area contributed by atoms with Crippen LogP contribution in [0.4, 0.5) is 10.9 Å². The molecule has 2 heterocycles. The third-order valence-electron chi connectivity index (χ3n) is 3.94. The summed E-state index contributed by atoms with van der Waals surface area (Å²) in [7, 11) is 1.67. The minimum atomic E-state index is 0.618. The number of nitrogens with zero attached hydrogens (tertiary/aromatic N) is 2. The van der Waals surface area contributed by atoms with Crippen molar-refractivity contribution in [3.05, 3.63) is 77.9 Å². The molecule has 1 N–H and O–H groups in total. The molecule has 2 aromatic carbocycles. The molecule has 0 aliphatic carbocycles. The van der Waals surface area contributed by atoms with Crippen LogP contribution in [0.5, 0.6) is 17.2 Å². The van der Waals surface area contributed by atoms with E-state index in [1.807, 2.05) is 79.2 Å². The van der Waals surface area contributed by atoms with Gasteiger partial charge < -0.3 is 14.8 Å². The maximum atomic E-state index is 6.13. The lowest BCUT2D eigenvalue weighted by atomic mass is 10.3. The van der Waals surface area contributed by atoms with Crippen LogP contribution in [0.15, 0.2) is 82.0 Å². The van der Waals surface area contributed by atoms with Crippen LogP contribution in [0.2, 0.25) is 0 Å². The molecule has 4 rings (SSSR count). The van der Waals surface area contributed by atoms with Gasteiger partial charge in [0.2, 0.25) is 0 Å². The average molecular weight is 422 g/mol. The quantitative estimate of drug-likeness (QED) is 0.365. The molecule has 146 valence electrons. The van der Waals surface area contributed by atoms with Crippen LogP contribution in [0.3, 0.4) is 0 Å². The number of hydrogen-bond donors (Lipinski definition) is 1. The van der Waals surface area contributed by atoms with E-state index in [1.165, 1.54) is 11.3 Å². The summed E-state index contributed by atoms with van der Waals surface area (Å²) in [4.78, 5) is 11.0. The average Bonchev–Trinajstić information content (AvgIpc) is 3.16. The first-order valence-corrected chi connectivity index (χ1v) is 10.6. The molecule has 4 aromatic rings. The molecule has 29 heavy (non-hydrogen) atoms. The highest BCUT2D eigenvalue weighted by Crippen LogP contribution is 2.39. The highest BCUT2D eigenvalue weighted by molar-refractivity contribution is 7.99. The van der Waals surface area contributed by atoms with Crippen molar-refractivity contribution in [3.63, 3.8) is 0 Å². The Kier molecular flexibility index (Phi) is 5.97. The predicted octanol–water partition coefficient (Wildman–Crippen LogP) is 6.54. The van der Waals surface area contributed by atoms with Gasteiger partial charge in [-0.3, -0.25) is 0 Å². The summed E-state index contributed by atoms with van der Waals surface area (Å²) in [6.45, 7) is 1.96. The molecule has 0 radical (unpaired) electrons. The van der Waals surface area contributed by atoms with E-state index < -0.39 is 0 Å². The third kappa shape index (κ3) is 4.88.